The first-order valence-corrected chi connectivity index (χ1v) is 7.88. The summed E-state index contributed by atoms with van der Waals surface area (Å²) < 4.78 is 10.2. The molecule has 2 aromatic rings. The molecule has 0 unspecified atom stereocenters. The van der Waals surface area contributed by atoms with Crippen molar-refractivity contribution in [3.8, 4) is 11.8 Å². The number of aliphatic hydroxyl groups is 1. The van der Waals surface area contributed by atoms with Crippen LogP contribution in [0.4, 0.5) is 0 Å². The van der Waals surface area contributed by atoms with E-state index in [1.54, 1.807) is 6.92 Å². The maximum absolute atomic E-state index is 11.6. The molecule has 0 fully saturated rings. The number of ether oxygens (including phenoxy) is 2. The summed E-state index contributed by atoms with van der Waals surface area (Å²) in [6.07, 6.45) is 0.763. The molecule has 6 heteroatoms. The zero-order valence-electron chi connectivity index (χ0n) is 14.1. The maximum Gasteiger partial charge on any atom is 0.379 e. The molecule has 132 valence electrons. The van der Waals surface area contributed by atoms with Crippen LogP contribution in [0.1, 0.15) is 23.6 Å². The second-order valence-corrected chi connectivity index (χ2v) is 5.21. The molecule has 2 rings (SSSR count). The average Bonchev–Trinajstić information content (AvgIpc) is 2.67. The van der Waals surface area contributed by atoms with Crippen molar-refractivity contribution < 1.29 is 24.2 Å². The molecule has 0 aliphatic rings. The van der Waals surface area contributed by atoms with Gasteiger partial charge in [0.05, 0.1) is 12.2 Å². The van der Waals surface area contributed by atoms with E-state index in [1.165, 1.54) is 18.2 Å². The summed E-state index contributed by atoms with van der Waals surface area (Å²) in [5.74, 6) is -2.12. The third-order valence-corrected chi connectivity index (χ3v) is 3.38. The summed E-state index contributed by atoms with van der Waals surface area (Å²) in [4.78, 5) is 22.9. The molecule has 0 spiro atoms. The number of ketones is 1. The first-order chi connectivity index (χ1) is 12.5. The highest BCUT2D eigenvalue weighted by Crippen LogP contribution is 2.23. The van der Waals surface area contributed by atoms with Gasteiger partial charge in [-0.05, 0) is 30.7 Å². The molecule has 0 aromatic heterocycles. The number of esters is 1. The Labute approximate surface area is 150 Å². The van der Waals surface area contributed by atoms with E-state index < -0.39 is 17.5 Å². The minimum atomic E-state index is -1.05. The van der Waals surface area contributed by atoms with Crippen molar-refractivity contribution >= 4 is 17.5 Å². The molecule has 6 nitrogen and oxygen atoms in total. The molecular weight excluding hydrogens is 334 g/mol. The second kappa shape index (κ2) is 9.04. The summed E-state index contributed by atoms with van der Waals surface area (Å²) in [5, 5.41) is 19.3. The fourth-order valence-electron chi connectivity index (χ4n) is 2.11. The van der Waals surface area contributed by atoms with Crippen molar-refractivity contribution in [3.05, 3.63) is 71.3 Å². The highest BCUT2D eigenvalue weighted by atomic mass is 16.5. The predicted molar refractivity (Wildman–Crippen MR) is 94.2 cm³/mol. The Morgan fingerprint density at radius 1 is 1.19 bits per heavy atom. The number of nitrogens with zero attached hydrogens (tertiary/aromatic N) is 1. The van der Waals surface area contributed by atoms with E-state index in [2.05, 4.69) is 4.74 Å². The van der Waals surface area contributed by atoms with Crippen LogP contribution < -0.4 is 4.74 Å². The van der Waals surface area contributed by atoms with Gasteiger partial charge in [-0.15, -0.1) is 0 Å². The SMILES string of the molecule is CCOC(=O)C(=O)/C=C(\O)c1ccc(OCc2ccccc2)c(C#N)c1. The first kappa shape index (κ1) is 18.7. The van der Waals surface area contributed by atoms with Gasteiger partial charge >= 0.3 is 5.97 Å². The molecule has 0 atom stereocenters. The highest BCUT2D eigenvalue weighted by Gasteiger charge is 2.15. The lowest BCUT2D eigenvalue weighted by atomic mass is 10.1. The van der Waals surface area contributed by atoms with E-state index in [0.717, 1.165) is 11.6 Å². The van der Waals surface area contributed by atoms with Gasteiger partial charge in [0.15, 0.2) is 0 Å². The van der Waals surface area contributed by atoms with E-state index in [4.69, 9.17) is 4.74 Å². The smallest absolute Gasteiger partial charge is 0.379 e. The number of carbonyl (C=O) groups excluding carboxylic acids is 2. The van der Waals surface area contributed by atoms with E-state index in [-0.39, 0.29) is 24.3 Å². The van der Waals surface area contributed by atoms with Gasteiger partial charge in [-0.25, -0.2) is 4.79 Å². The van der Waals surface area contributed by atoms with Gasteiger partial charge in [0.2, 0.25) is 0 Å². The Kier molecular flexibility index (Phi) is 6.52. The van der Waals surface area contributed by atoms with Crippen LogP contribution in [0, 0.1) is 11.3 Å². The number of nitriles is 1. The van der Waals surface area contributed by atoms with Crippen molar-refractivity contribution in [1.82, 2.24) is 0 Å². The molecule has 26 heavy (non-hydrogen) atoms. The highest BCUT2D eigenvalue weighted by molar-refractivity contribution is 6.39. The van der Waals surface area contributed by atoms with Crippen molar-refractivity contribution in [2.24, 2.45) is 0 Å². The normalized spacial score (nSPS) is 10.7. The standard InChI is InChI=1S/C20H17NO5/c1-2-25-20(24)18(23)11-17(22)15-8-9-19(16(10-15)12-21)26-13-14-6-4-3-5-7-14/h3-11,22H,2,13H2,1H3/b17-11-. The Bertz CT molecular complexity index is 866. The molecule has 1 N–H and O–H groups in total. The van der Waals surface area contributed by atoms with Crippen LogP contribution in [0.15, 0.2) is 54.6 Å². The van der Waals surface area contributed by atoms with Gasteiger partial charge in [0.1, 0.15) is 24.2 Å². The molecule has 0 bridgehead atoms. The second-order valence-electron chi connectivity index (χ2n) is 5.21. The van der Waals surface area contributed by atoms with Crippen LogP contribution in [-0.4, -0.2) is 23.5 Å². The van der Waals surface area contributed by atoms with Gasteiger partial charge < -0.3 is 14.6 Å². The van der Waals surface area contributed by atoms with Crippen molar-refractivity contribution in [3.63, 3.8) is 0 Å². The van der Waals surface area contributed by atoms with E-state index in [0.29, 0.717) is 5.75 Å². The fraction of sp³-hybridized carbons (Fsp3) is 0.150. The molecule has 0 saturated heterocycles. The van der Waals surface area contributed by atoms with Crippen LogP contribution >= 0.6 is 0 Å². The van der Waals surface area contributed by atoms with Crippen molar-refractivity contribution in [1.29, 1.82) is 5.26 Å². The van der Waals surface area contributed by atoms with Crippen LogP contribution in [0.25, 0.3) is 5.76 Å². The topological polar surface area (TPSA) is 96.6 Å². The third kappa shape index (κ3) is 4.95. The number of carbonyl (C=O) groups is 2. The Morgan fingerprint density at radius 2 is 1.92 bits per heavy atom. The van der Waals surface area contributed by atoms with Crippen LogP contribution in [-0.2, 0) is 20.9 Å². The lowest BCUT2D eigenvalue weighted by Gasteiger charge is -2.09. The van der Waals surface area contributed by atoms with Crippen LogP contribution in [0.2, 0.25) is 0 Å². The summed E-state index contributed by atoms with van der Waals surface area (Å²) in [6, 6.07) is 15.8. The van der Waals surface area contributed by atoms with E-state index in [1.807, 2.05) is 36.4 Å². The summed E-state index contributed by atoms with van der Waals surface area (Å²) in [7, 11) is 0. The molecule has 2 aromatic carbocycles. The predicted octanol–water partition coefficient (Wildman–Crippen LogP) is 3.17. The molecule has 0 aliphatic carbocycles. The van der Waals surface area contributed by atoms with Crippen molar-refractivity contribution in [2.75, 3.05) is 6.61 Å². The number of benzene rings is 2. The average molecular weight is 351 g/mol. The lowest BCUT2D eigenvalue weighted by molar-refractivity contribution is -0.151. The van der Waals surface area contributed by atoms with Gasteiger partial charge in [0, 0.05) is 11.6 Å². The Hall–Kier alpha value is -3.59. The molecule has 0 heterocycles. The Balaban J connectivity index is 2.16. The van der Waals surface area contributed by atoms with Crippen molar-refractivity contribution in [2.45, 2.75) is 13.5 Å². The Morgan fingerprint density at radius 3 is 2.58 bits per heavy atom. The quantitative estimate of drug-likeness (QED) is 0.356. The number of hydrogen-bond donors (Lipinski definition) is 1. The lowest BCUT2D eigenvalue weighted by Crippen LogP contribution is -2.15. The maximum atomic E-state index is 11.6. The monoisotopic (exact) mass is 351 g/mol. The van der Waals surface area contributed by atoms with Gasteiger partial charge in [-0.2, -0.15) is 5.26 Å². The van der Waals surface area contributed by atoms with Crippen LogP contribution in [0.3, 0.4) is 0 Å². The van der Waals surface area contributed by atoms with Crippen LogP contribution in [0.5, 0.6) is 5.75 Å². The molecule has 0 aliphatic heterocycles. The summed E-state index contributed by atoms with van der Waals surface area (Å²) in [6.45, 7) is 1.92. The minimum Gasteiger partial charge on any atom is -0.507 e. The zero-order valence-corrected chi connectivity index (χ0v) is 14.1. The van der Waals surface area contributed by atoms with E-state index in [9.17, 15) is 20.0 Å². The molecule has 0 amide bonds. The number of hydrogen-bond acceptors (Lipinski definition) is 6. The third-order valence-electron chi connectivity index (χ3n) is 3.38. The summed E-state index contributed by atoms with van der Waals surface area (Å²) >= 11 is 0. The van der Waals surface area contributed by atoms with E-state index >= 15 is 0 Å². The van der Waals surface area contributed by atoms with Gasteiger partial charge in [-0.3, -0.25) is 4.79 Å². The zero-order chi connectivity index (χ0) is 18.9. The first-order valence-electron chi connectivity index (χ1n) is 7.88. The molecule has 0 saturated carbocycles. The number of rotatable bonds is 7. The number of aliphatic hydroxyl groups excluding tert-OH is 1. The summed E-state index contributed by atoms with van der Waals surface area (Å²) in [5.41, 5.74) is 1.36. The largest absolute Gasteiger partial charge is 0.507 e. The molecular formula is C20H17NO5. The van der Waals surface area contributed by atoms with Gasteiger partial charge in [-0.1, -0.05) is 30.3 Å². The fourth-order valence-corrected chi connectivity index (χ4v) is 2.11. The van der Waals surface area contributed by atoms with Gasteiger partial charge in [0.25, 0.3) is 5.78 Å². The minimum absolute atomic E-state index is 0.0607. The molecule has 0 radical (unpaired) electrons.